The molecule has 0 radical (unpaired) electrons. The zero-order valence-corrected chi connectivity index (χ0v) is 13.9. The number of amides is 1. The summed E-state index contributed by atoms with van der Waals surface area (Å²) in [6, 6.07) is 11.0. The molecule has 1 amide bonds. The Morgan fingerprint density at radius 2 is 1.76 bits per heavy atom. The number of carbonyl (C=O) groups excluding carboxylic acids is 1. The number of rotatable bonds is 2. The third kappa shape index (κ3) is 3.10. The molecule has 25 heavy (non-hydrogen) atoms. The SMILES string of the molecule is O=C(c1c[nH]c(=O)c(-c2ccccc2)c1)N1CCC2(CC1)OCCO2. The molecule has 2 aliphatic rings. The van der Waals surface area contributed by atoms with E-state index in [4.69, 9.17) is 9.47 Å². The second-order valence-corrected chi connectivity index (χ2v) is 6.40. The van der Waals surface area contributed by atoms with Crippen LogP contribution in [0.25, 0.3) is 11.1 Å². The second-order valence-electron chi connectivity index (χ2n) is 6.40. The third-order valence-corrected chi connectivity index (χ3v) is 4.86. The summed E-state index contributed by atoms with van der Waals surface area (Å²) >= 11 is 0. The van der Waals surface area contributed by atoms with Crippen LogP contribution < -0.4 is 5.56 Å². The van der Waals surface area contributed by atoms with Crippen LogP contribution in [-0.2, 0) is 9.47 Å². The van der Waals surface area contributed by atoms with Gasteiger partial charge >= 0.3 is 0 Å². The molecule has 2 fully saturated rings. The van der Waals surface area contributed by atoms with Crippen LogP contribution in [0.15, 0.2) is 47.4 Å². The van der Waals surface area contributed by atoms with E-state index in [2.05, 4.69) is 4.98 Å². The molecule has 6 heteroatoms. The molecule has 2 aromatic rings. The first-order valence-electron chi connectivity index (χ1n) is 8.52. The molecule has 0 atom stereocenters. The molecule has 1 N–H and O–H groups in total. The summed E-state index contributed by atoms with van der Waals surface area (Å²) < 4.78 is 11.4. The lowest BCUT2D eigenvalue weighted by atomic mass is 10.0. The normalized spacial score (nSPS) is 19.3. The summed E-state index contributed by atoms with van der Waals surface area (Å²) in [5, 5.41) is 0. The Hall–Kier alpha value is -2.44. The molecule has 4 rings (SSSR count). The van der Waals surface area contributed by atoms with Gasteiger partial charge in [-0.05, 0) is 11.6 Å². The largest absolute Gasteiger partial charge is 0.347 e. The van der Waals surface area contributed by atoms with Crippen molar-refractivity contribution in [3.05, 3.63) is 58.5 Å². The van der Waals surface area contributed by atoms with Crippen molar-refractivity contribution in [3.63, 3.8) is 0 Å². The summed E-state index contributed by atoms with van der Waals surface area (Å²) in [4.78, 5) is 29.4. The van der Waals surface area contributed by atoms with E-state index in [0.717, 1.165) is 5.56 Å². The first-order chi connectivity index (χ1) is 12.2. The van der Waals surface area contributed by atoms with Gasteiger partial charge in [-0.25, -0.2) is 0 Å². The summed E-state index contributed by atoms with van der Waals surface area (Å²) in [6.07, 6.45) is 2.84. The lowest BCUT2D eigenvalue weighted by Gasteiger charge is -2.37. The van der Waals surface area contributed by atoms with Crippen molar-refractivity contribution in [1.82, 2.24) is 9.88 Å². The summed E-state index contributed by atoms with van der Waals surface area (Å²) in [6.45, 7) is 2.40. The van der Waals surface area contributed by atoms with Gasteiger partial charge in [-0.1, -0.05) is 30.3 Å². The highest BCUT2D eigenvalue weighted by Crippen LogP contribution is 2.31. The molecule has 6 nitrogen and oxygen atoms in total. The maximum atomic E-state index is 12.8. The maximum Gasteiger partial charge on any atom is 0.255 e. The van der Waals surface area contributed by atoms with Gasteiger partial charge in [-0.2, -0.15) is 0 Å². The highest BCUT2D eigenvalue weighted by molar-refractivity contribution is 5.95. The Balaban J connectivity index is 1.54. The number of nitrogens with zero attached hydrogens (tertiary/aromatic N) is 1. The number of piperidine rings is 1. The van der Waals surface area contributed by atoms with Gasteiger partial charge < -0.3 is 19.4 Å². The Bertz CT molecular complexity index is 815. The van der Waals surface area contributed by atoms with Gasteiger partial charge in [0, 0.05) is 37.7 Å². The van der Waals surface area contributed by atoms with Crippen LogP contribution in [-0.4, -0.2) is 47.9 Å². The molecular weight excluding hydrogens is 320 g/mol. The number of pyridine rings is 1. The van der Waals surface area contributed by atoms with Crippen molar-refractivity contribution in [1.29, 1.82) is 0 Å². The quantitative estimate of drug-likeness (QED) is 0.908. The molecule has 1 spiro atoms. The van der Waals surface area contributed by atoms with Crippen LogP contribution in [0.4, 0.5) is 0 Å². The van der Waals surface area contributed by atoms with E-state index in [0.29, 0.717) is 50.3 Å². The van der Waals surface area contributed by atoms with E-state index in [-0.39, 0.29) is 11.5 Å². The van der Waals surface area contributed by atoms with Gasteiger partial charge in [0.1, 0.15) is 0 Å². The van der Waals surface area contributed by atoms with Gasteiger partial charge in [-0.15, -0.1) is 0 Å². The molecule has 0 saturated carbocycles. The van der Waals surface area contributed by atoms with Gasteiger partial charge in [0.05, 0.1) is 18.8 Å². The van der Waals surface area contributed by atoms with E-state index in [1.807, 2.05) is 30.3 Å². The summed E-state index contributed by atoms with van der Waals surface area (Å²) in [7, 11) is 0. The molecule has 130 valence electrons. The van der Waals surface area contributed by atoms with E-state index in [1.54, 1.807) is 11.0 Å². The Morgan fingerprint density at radius 1 is 1.08 bits per heavy atom. The van der Waals surface area contributed by atoms with E-state index < -0.39 is 5.79 Å². The van der Waals surface area contributed by atoms with E-state index >= 15 is 0 Å². The number of likely N-dealkylation sites (tertiary alicyclic amines) is 1. The standard InChI is InChI=1S/C19H20N2O4/c22-17-16(14-4-2-1-3-5-14)12-15(13-20-17)18(23)21-8-6-19(7-9-21)24-10-11-25-19/h1-5,12-13H,6-11H2,(H,20,22). The lowest BCUT2D eigenvalue weighted by molar-refractivity contribution is -0.181. The molecular formula is C19H20N2O4. The number of aromatic nitrogens is 1. The number of nitrogens with one attached hydrogen (secondary N) is 1. The lowest BCUT2D eigenvalue weighted by Crippen LogP contribution is -2.47. The van der Waals surface area contributed by atoms with Gasteiger partial charge in [0.15, 0.2) is 5.79 Å². The fraction of sp³-hybridized carbons (Fsp3) is 0.368. The van der Waals surface area contributed by atoms with Crippen molar-refractivity contribution < 1.29 is 14.3 Å². The van der Waals surface area contributed by atoms with Gasteiger partial charge in [0.25, 0.3) is 11.5 Å². The Kier molecular flexibility index (Phi) is 4.15. The molecule has 2 saturated heterocycles. The van der Waals surface area contributed by atoms with Gasteiger partial charge in [-0.3, -0.25) is 9.59 Å². The number of hydrogen-bond acceptors (Lipinski definition) is 4. The topological polar surface area (TPSA) is 71.6 Å². The molecule has 1 aromatic carbocycles. The summed E-state index contributed by atoms with van der Waals surface area (Å²) in [5.41, 5.74) is 1.59. The average Bonchev–Trinajstić information content (AvgIpc) is 3.11. The van der Waals surface area contributed by atoms with Crippen molar-refractivity contribution in [2.24, 2.45) is 0 Å². The third-order valence-electron chi connectivity index (χ3n) is 4.86. The second kappa shape index (κ2) is 6.46. The fourth-order valence-corrected chi connectivity index (χ4v) is 3.46. The molecule has 0 bridgehead atoms. The Morgan fingerprint density at radius 3 is 2.44 bits per heavy atom. The first-order valence-corrected chi connectivity index (χ1v) is 8.52. The number of hydrogen-bond donors (Lipinski definition) is 1. The first kappa shape index (κ1) is 16.1. The van der Waals surface area contributed by atoms with Crippen molar-refractivity contribution in [2.75, 3.05) is 26.3 Å². The van der Waals surface area contributed by atoms with E-state index in [9.17, 15) is 9.59 Å². The zero-order chi connectivity index (χ0) is 17.3. The van der Waals surface area contributed by atoms with Crippen LogP contribution in [0.3, 0.4) is 0 Å². The number of benzene rings is 1. The molecule has 0 aliphatic carbocycles. The zero-order valence-electron chi connectivity index (χ0n) is 13.9. The van der Waals surface area contributed by atoms with Crippen molar-refractivity contribution in [2.45, 2.75) is 18.6 Å². The monoisotopic (exact) mass is 340 g/mol. The number of ether oxygens (including phenoxy) is 2. The van der Waals surface area contributed by atoms with Crippen molar-refractivity contribution >= 4 is 5.91 Å². The van der Waals surface area contributed by atoms with Crippen LogP contribution >= 0.6 is 0 Å². The van der Waals surface area contributed by atoms with Crippen LogP contribution in [0.5, 0.6) is 0 Å². The minimum absolute atomic E-state index is 0.0821. The predicted octanol–water partition coefficient (Wildman–Crippen LogP) is 2.02. The highest BCUT2D eigenvalue weighted by atomic mass is 16.7. The van der Waals surface area contributed by atoms with Gasteiger partial charge in [0.2, 0.25) is 0 Å². The molecule has 0 unspecified atom stereocenters. The maximum absolute atomic E-state index is 12.8. The molecule has 2 aliphatic heterocycles. The van der Waals surface area contributed by atoms with Crippen LogP contribution in [0, 0.1) is 0 Å². The number of aromatic amines is 1. The van der Waals surface area contributed by atoms with Crippen LogP contribution in [0.1, 0.15) is 23.2 Å². The average molecular weight is 340 g/mol. The number of H-pyrrole nitrogens is 1. The van der Waals surface area contributed by atoms with E-state index in [1.165, 1.54) is 6.20 Å². The summed E-state index contributed by atoms with van der Waals surface area (Å²) in [5.74, 6) is -0.585. The molecule has 3 heterocycles. The smallest absolute Gasteiger partial charge is 0.255 e. The predicted molar refractivity (Wildman–Crippen MR) is 92.3 cm³/mol. The highest BCUT2D eigenvalue weighted by Gasteiger charge is 2.40. The fourth-order valence-electron chi connectivity index (χ4n) is 3.46. The van der Waals surface area contributed by atoms with Crippen molar-refractivity contribution in [3.8, 4) is 11.1 Å². The molecule has 1 aromatic heterocycles. The minimum Gasteiger partial charge on any atom is -0.347 e. The van der Waals surface area contributed by atoms with Crippen LogP contribution in [0.2, 0.25) is 0 Å². The number of carbonyl (C=O) groups is 1. The Labute approximate surface area is 145 Å². The minimum atomic E-state index is -0.503.